The third kappa shape index (κ3) is 11.4. The normalized spacial score (nSPS) is 14.7. The molecule has 1 unspecified atom stereocenters. The number of rotatable bonds is 8. The molecule has 21 heavy (non-hydrogen) atoms. The average molecular weight is 310 g/mol. The zero-order valence-electron chi connectivity index (χ0n) is 13.7. The largest absolute Gasteiger partial charge is 0.401 e. The van der Waals surface area contributed by atoms with E-state index in [1.807, 2.05) is 6.92 Å². The van der Waals surface area contributed by atoms with E-state index in [0.717, 1.165) is 12.5 Å². The van der Waals surface area contributed by atoms with Crippen molar-refractivity contribution >= 4 is 5.96 Å². The lowest BCUT2D eigenvalue weighted by atomic mass is 10.1. The molecule has 0 fully saturated rings. The predicted octanol–water partition coefficient (Wildman–Crippen LogP) is 2.47. The number of aliphatic imine (C=N–C) groups is 1. The third-order valence-electron chi connectivity index (χ3n) is 3.13. The van der Waals surface area contributed by atoms with Crippen LogP contribution >= 0.6 is 0 Å². The molecule has 0 aromatic carbocycles. The Morgan fingerprint density at radius 1 is 1.24 bits per heavy atom. The van der Waals surface area contributed by atoms with E-state index in [-0.39, 0.29) is 6.04 Å². The van der Waals surface area contributed by atoms with Crippen molar-refractivity contribution in [1.82, 2.24) is 15.5 Å². The van der Waals surface area contributed by atoms with E-state index in [1.165, 1.54) is 11.9 Å². The smallest absolute Gasteiger partial charge is 0.357 e. The van der Waals surface area contributed by atoms with Crippen molar-refractivity contribution in [3.63, 3.8) is 0 Å². The number of halogens is 3. The monoisotopic (exact) mass is 310 g/mol. The topological polar surface area (TPSA) is 39.7 Å². The molecule has 0 aromatic heterocycles. The number of nitrogens with zero attached hydrogens (tertiary/aromatic N) is 2. The second-order valence-electron chi connectivity index (χ2n) is 5.64. The van der Waals surface area contributed by atoms with Crippen molar-refractivity contribution < 1.29 is 13.2 Å². The van der Waals surface area contributed by atoms with Crippen LogP contribution in [0.5, 0.6) is 0 Å². The molecule has 126 valence electrons. The summed E-state index contributed by atoms with van der Waals surface area (Å²) in [5.74, 6) is 1.20. The Bertz CT molecular complexity index is 303. The van der Waals surface area contributed by atoms with Gasteiger partial charge in [-0.25, -0.2) is 0 Å². The first-order chi connectivity index (χ1) is 9.65. The maximum atomic E-state index is 12.2. The Morgan fingerprint density at radius 2 is 1.86 bits per heavy atom. The Hall–Kier alpha value is -0.980. The van der Waals surface area contributed by atoms with Gasteiger partial charge in [0.1, 0.15) is 0 Å². The van der Waals surface area contributed by atoms with Crippen molar-refractivity contribution in [2.45, 2.75) is 46.3 Å². The first-order valence-corrected chi connectivity index (χ1v) is 7.45. The lowest BCUT2D eigenvalue weighted by Crippen LogP contribution is -2.44. The van der Waals surface area contributed by atoms with Gasteiger partial charge in [0, 0.05) is 19.1 Å². The van der Waals surface area contributed by atoms with E-state index in [1.54, 1.807) is 0 Å². The summed E-state index contributed by atoms with van der Waals surface area (Å²) in [6, 6.07) is 0.288. The van der Waals surface area contributed by atoms with Gasteiger partial charge in [-0.1, -0.05) is 13.8 Å². The van der Waals surface area contributed by atoms with Crippen LogP contribution in [0.25, 0.3) is 0 Å². The lowest BCUT2D eigenvalue weighted by Gasteiger charge is -2.21. The van der Waals surface area contributed by atoms with Gasteiger partial charge >= 0.3 is 6.18 Å². The van der Waals surface area contributed by atoms with Crippen LogP contribution in [0.15, 0.2) is 4.99 Å². The number of hydrogen-bond donors (Lipinski definition) is 2. The van der Waals surface area contributed by atoms with Gasteiger partial charge in [-0.05, 0) is 39.8 Å². The first kappa shape index (κ1) is 20.0. The number of guanidine groups is 1. The fourth-order valence-electron chi connectivity index (χ4n) is 1.62. The van der Waals surface area contributed by atoms with Gasteiger partial charge in [-0.3, -0.25) is 9.89 Å². The number of hydrogen-bond acceptors (Lipinski definition) is 2. The molecule has 7 heteroatoms. The van der Waals surface area contributed by atoms with Gasteiger partial charge in [-0.2, -0.15) is 13.2 Å². The molecule has 4 nitrogen and oxygen atoms in total. The molecule has 0 aliphatic heterocycles. The standard InChI is InChI=1S/C14H29F3N4/c1-6-18-13(20-12(4)11(2)3)19-8-7-9-21(5)10-14(15,16)17/h11-12H,6-10H2,1-5H3,(H2,18,19,20). The predicted molar refractivity (Wildman–Crippen MR) is 81.6 cm³/mol. The Morgan fingerprint density at radius 3 is 2.33 bits per heavy atom. The molecular formula is C14H29F3N4. The highest BCUT2D eigenvalue weighted by atomic mass is 19.4. The summed E-state index contributed by atoms with van der Waals surface area (Å²) in [5, 5.41) is 6.43. The molecule has 2 N–H and O–H groups in total. The Labute approximate surface area is 126 Å². The van der Waals surface area contributed by atoms with Crippen LogP contribution in [0.1, 0.15) is 34.1 Å². The number of nitrogens with one attached hydrogen (secondary N) is 2. The fourth-order valence-corrected chi connectivity index (χ4v) is 1.62. The second kappa shape index (κ2) is 9.87. The molecule has 0 aromatic rings. The lowest BCUT2D eigenvalue weighted by molar-refractivity contribution is -0.143. The van der Waals surface area contributed by atoms with Gasteiger partial charge in [0.25, 0.3) is 0 Å². The molecule has 0 aliphatic rings. The van der Waals surface area contributed by atoms with Crippen LogP contribution in [0, 0.1) is 5.92 Å². The third-order valence-corrected chi connectivity index (χ3v) is 3.13. The van der Waals surface area contributed by atoms with Gasteiger partial charge in [-0.15, -0.1) is 0 Å². The fraction of sp³-hybridized carbons (Fsp3) is 0.929. The van der Waals surface area contributed by atoms with Gasteiger partial charge in [0.2, 0.25) is 0 Å². The molecule has 0 bridgehead atoms. The minimum absolute atomic E-state index is 0.288. The molecule has 0 radical (unpaired) electrons. The summed E-state index contributed by atoms with van der Waals surface area (Å²) < 4.78 is 36.5. The zero-order valence-corrected chi connectivity index (χ0v) is 13.7. The van der Waals surface area contributed by atoms with Crippen LogP contribution in [0.2, 0.25) is 0 Å². The van der Waals surface area contributed by atoms with E-state index in [0.29, 0.717) is 25.4 Å². The first-order valence-electron chi connectivity index (χ1n) is 7.45. The van der Waals surface area contributed by atoms with Crippen molar-refractivity contribution in [2.75, 3.05) is 33.2 Å². The molecular weight excluding hydrogens is 281 g/mol. The Balaban J connectivity index is 4.15. The van der Waals surface area contributed by atoms with Crippen LogP contribution in [0.3, 0.4) is 0 Å². The summed E-state index contributed by atoms with van der Waals surface area (Å²) in [6.45, 7) is 9.05. The number of alkyl halides is 3. The highest BCUT2D eigenvalue weighted by Gasteiger charge is 2.28. The molecule has 1 atom stereocenters. The summed E-state index contributed by atoms with van der Waals surface area (Å²) in [7, 11) is 1.47. The minimum atomic E-state index is -4.14. The van der Waals surface area contributed by atoms with E-state index in [4.69, 9.17) is 0 Å². The summed E-state index contributed by atoms with van der Waals surface area (Å²) in [5.41, 5.74) is 0. The van der Waals surface area contributed by atoms with Crippen LogP contribution < -0.4 is 10.6 Å². The van der Waals surface area contributed by atoms with Gasteiger partial charge in [0.15, 0.2) is 5.96 Å². The quantitative estimate of drug-likeness (QED) is 0.411. The zero-order chi connectivity index (χ0) is 16.5. The van der Waals surface area contributed by atoms with E-state index >= 15 is 0 Å². The van der Waals surface area contributed by atoms with E-state index in [9.17, 15) is 13.2 Å². The summed E-state index contributed by atoms with van der Waals surface area (Å²) >= 11 is 0. The minimum Gasteiger partial charge on any atom is -0.357 e. The molecule has 0 heterocycles. The van der Waals surface area contributed by atoms with Crippen LogP contribution in [0.4, 0.5) is 13.2 Å². The maximum Gasteiger partial charge on any atom is 0.401 e. The maximum absolute atomic E-state index is 12.2. The van der Waals surface area contributed by atoms with Crippen molar-refractivity contribution in [3.05, 3.63) is 0 Å². The molecule has 0 saturated carbocycles. The SMILES string of the molecule is CCNC(=NCCCN(C)CC(F)(F)F)NC(C)C(C)C. The van der Waals surface area contributed by atoms with Gasteiger partial charge in [0.05, 0.1) is 6.54 Å². The highest BCUT2D eigenvalue weighted by Crippen LogP contribution is 2.15. The summed E-state index contributed by atoms with van der Waals surface area (Å²) in [6.07, 6.45) is -3.54. The summed E-state index contributed by atoms with van der Waals surface area (Å²) in [4.78, 5) is 5.66. The Kier molecular flexibility index (Phi) is 9.41. The van der Waals surface area contributed by atoms with Gasteiger partial charge < -0.3 is 10.6 Å². The highest BCUT2D eigenvalue weighted by molar-refractivity contribution is 5.80. The van der Waals surface area contributed by atoms with Crippen molar-refractivity contribution in [2.24, 2.45) is 10.9 Å². The van der Waals surface area contributed by atoms with E-state index < -0.39 is 12.7 Å². The molecule has 0 saturated heterocycles. The second-order valence-corrected chi connectivity index (χ2v) is 5.64. The van der Waals surface area contributed by atoms with E-state index in [2.05, 4.69) is 36.4 Å². The van der Waals surface area contributed by atoms with Crippen LogP contribution in [-0.2, 0) is 0 Å². The molecule has 0 spiro atoms. The van der Waals surface area contributed by atoms with Crippen molar-refractivity contribution in [3.8, 4) is 0 Å². The van der Waals surface area contributed by atoms with Crippen molar-refractivity contribution in [1.29, 1.82) is 0 Å². The average Bonchev–Trinajstić information content (AvgIpc) is 2.32. The molecule has 0 aliphatic carbocycles. The molecule has 0 rings (SSSR count). The van der Waals surface area contributed by atoms with Crippen LogP contribution in [-0.4, -0.2) is 56.3 Å². The molecule has 0 amide bonds.